The van der Waals surface area contributed by atoms with Crippen molar-refractivity contribution in [2.45, 2.75) is 0 Å². The van der Waals surface area contributed by atoms with Gasteiger partial charge in [0.15, 0.2) is 0 Å². The Morgan fingerprint density at radius 3 is 3.25 bits per heavy atom. The maximum Gasteiger partial charge on any atom is 0.121 e. The van der Waals surface area contributed by atoms with Crippen LogP contribution in [0.4, 0.5) is 0 Å². The first-order chi connectivity index (χ1) is 3.93. The second-order valence-electron chi connectivity index (χ2n) is 1.53. The molecule has 1 aliphatic heterocycles. The van der Waals surface area contributed by atoms with E-state index in [2.05, 4.69) is 5.43 Å². The first kappa shape index (κ1) is 5.13. The molecular formula is C5H7N3. The smallest absolute Gasteiger partial charge is 0.121 e. The second-order valence-corrected chi connectivity index (χ2v) is 1.53. The standard InChI is InChI=1S/C5H7N3/c6-2-5-8-4-1-3-7-8/h1,4,7H,3,5H2. The molecular weight excluding hydrogens is 102 g/mol. The van der Waals surface area contributed by atoms with E-state index in [-0.39, 0.29) is 0 Å². The van der Waals surface area contributed by atoms with Crippen LogP contribution in [0.2, 0.25) is 0 Å². The molecule has 0 saturated heterocycles. The molecule has 0 atom stereocenters. The SMILES string of the molecule is N#CCN1C=CCN1. The zero-order valence-corrected chi connectivity index (χ0v) is 4.46. The van der Waals surface area contributed by atoms with Crippen LogP contribution in [0, 0.1) is 11.3 Å². The zero-order chi connectivity index (χ0) is 5.82. The highest BCUT2D eigenvalue weighted by Gasteiger charge is 1.98. The first-order valence-electron chi connectivity index (χ1n) is 2.47. The van der Waals surface area contributed by atoms with Gasteiger partial charge in [-0.15, -0.1) is 0 Å². The highest BCUT2D eigenvalue weighted by atomic mass is 15.5. The van der Waals surface area contributed by atoms with E-state index >= 15 is 0 Å². The lowest BCUT2D eigenvalue weighted by molar-refractivity contribution is 0.342. The van der Waals surface area contributed by atoms with Crippen molar-refractivity contribution in [1.29, 1.82) is 5.26 Å². The van der Waals surface area contributed by atoms with E-state index in [1.54, 1.807) is 5.01 Å². The monoisotopic (exact) mass is 109 g/mol. The van der Waals surface area contributed by atoms with E-state index in [1.807, 2.05) is 18.3 Å². The minimum Gasteiger partial charge on any atom is -0.302 e. The van der Waals surface area contributed by atoms with Gasteiger partial charge in [0.05, 0.1) is 6.07 Å². The molecule has 3 nitrogen and oxygen atoms in total. The van der Waals surface area contributed by atoms with Gasteiger partial charge in [-0.3, -0.25) is 0 Å². The summed E-state index contributed by atoms with van der Waals surface area (Å²) in [6.07, 6.45) is 3.83. The van der Waals surface area contributed by atoms with Gasteiger partial charge in [-0.1, -0.05) is 6.08 Å². The average Bonchev–Trinajstić information content (AvgIpc) is 2.19. The van der Waals surface area contributed by atoms with E-state index in [1.165, 1.54) is 0 Å². The van der Waals surface area contributed by atoms with E-state index < -0.39 is 0 Å². The van der Waals surface area contributed by atoms with Gasteiger partial charge < -0.3 is 5.01 Å². The fourth-order valence-corrected chi connectivity index (χ4v) is 0.587. The summed E-state index contributed by atoms with van der Waals surface area (Å²) in [7, 11) is 0. The van der Waals surface area contributed by atoms with Gasteiger partial charge in [0.25, 0.3) is 0 Å². The van der Waals surface area contributed by atoms with Crippen LogP contribution in [0.15, 0.2) is 12.3 Å². The molecule has 0 spiro atoms. The van der Waals surface area contributed by atoms with Crippen LogP contribution in [-0.4, -0.2) is 18.1 Å². The first-order valence-corrected chi connectivity index (χ1v) is 2.47. The topological polar surface area (TPSA) is 39.1 Å². The lowest BCUT2D eigenvalue weighted by atomic mass is 10.6. The van der Waals surface area contributed by atoms with Crippen molar-refractivity contribution in [3.05, 3.63) is 12.3 Å². The molecule has 1 aliphatic rings. The van der Waals surface area contributed by atoms with Crippen LogP contribution in [-0.2, 0) is 0 Å². The van der Waals surface area contributed by atoms with E-state index in [9.17, 15) is 0 Å². The molecule has 0 aliphatic carbocycles. The Morgan fingerprint density at radius 1 is 1.88 bits per heavy atom. The predicted octanol–water partition coefficient (Wildman–Crippen LogP) is -0.156. The van der Waals surface area contributed by atoms with Crippen LogP contribution in [0.5, 0.6) is 0 Å². The quantitative estimate of drug-likeness (QED) is 0.476. The van der Waals surface area contributed by atoms with E-state index in [4.69, 9.17) is 5.26 Å². The molecule has 0 saturated carbocycles. The van der Waals surface area contributed by atoms with Gasteiger partial charge in [0, 0.05) is 12.7 Å². The van der Waals surface area contributed by atoms with Gasteiger partial charge in [-0.2, -0.15) is 5.26 Å². The van der Waals surface area contributed by atoms with E-state index in [0.29, 0.717) is 6.54 Å². The summed E-state index contributed by atoms with van der Waals surface area (Å²) in [6, 6.07) is 2.02. The molecule has 8 heavy (non-hydrogen) atoms. The van der Waals surface area contributed by atoms with Gasteiger partial charge in [0.1, 0.15) is 6.54 Å². The normalized spacial score (nSPS) is 16.6. The van der Waals surface area contributed by atoms with Crippen molar-refractivity contribution in [3.8, 4) is 6.07 Å². The summed E-state index contributed by atoms with van der Waals surface area (Å²) in [4.78, 5) is 0. The van der Waals surface area contributed by atoms with Gasteiger partial charge in [-0.05, 0) is 0 Å². The molecule has 42 valence electrons. The molecule has 1 rings (SSSR count). The van der Waals surface area contributed by atoms with Gasteiger partial charge >= 0.3 is 0 Å². The molecule has 1 heterocycles. The Bertz CT molecular complexity index is 133. The molecule has 0 aromatic heterocycles. The van der Waals surface area contributed by atoms with Crippen LogP contribution in [0.3, 0.4) is 0 Å². The van der Waals surface area contributed by atoms with Crippen LogP contribution in [0.1, 0.15) is 0 Å². The summed E-state index contributed by atoms with van der Waals surface area (Å²) >= 11 is 0. The molecule has 3 heteroatoms. The largest absolute Gasteiger partial charge is 0.302 e. The second kappa shape index (κ2) is 2.34. The Hall–Kier alpha value is -1.01. The fourth-order valence-electron chi connectivity index (χ4n) is 0.587. The van der Waals surface area contributed by atoms with Crippen molar-refractivity contribution in [1.82, 2.24) is 10.4 Å². The third-order valence-electron chi connectivity index (χ3n) is 0.939. The number of rotatable bonds is 1. The lowest BCUT2D eigenvalue weighted by Crippen LogP contribution is -2.28. The number of hydrogen-bond acceptors (Lipinski definition) is 3. The summed E-state index contributed by atoms with van der Waals surface area (Å²) in [6.45, 7) is 1.28. The Kier molecular flexibility index (Phi) is 1.50. The molecule has 0 aromatic carbocycles. The molecule has 1 N–H and O–H groups in total. The molecule has 0 unspecified atom stereocenters. The number of nitrogens with zero attached hydrogens (tertiary/aromatic N) is 2. The number of hydrazine groups is 1. The molecule has 0 bridgehead atoms. The van der Waals surface area contributed by atoms with E-state index in [0.717, 1.165) is 6.54 Å². The predicted molar refractivity (Wildman–Crippen MR) is 29.5 cm³/mol. The van der Waals surface area contributed by atoms with Gasteiger partial charge in [-0.25, -0.2) is 5.43 Å². The Balaban J connectivity index is 2.28. The number of hydrogen-bond donors (Lipinski definition) is 1. The third-order valence-corrected chi connectivity index (χ3v) is 0.939. The third kappa shape index (κ3) is 0.983. The maximum absolute atomic E-state index is 8.16. The van der Waals surface area contributed by atoms with Crippen LogP contribution >= 0.6 is 0 Å². The highest BCUT2D eigenvalue weighted by Crippen LogP contribution is 1.88. The van der Waals surface area contributed by atoms with Crippen molar-refractivity contribution < 1.29 is 0 Å². The molecule has 0 aromatic rings. The van der Waals surface area contributed by atoms with Crippen LogP contribution < -0.4 is 5.43 Å². The Morgan fingerprint density at radius 2 is 2.75 bits per heavy atom. The lowest BCUT2D eigenvalue weighted by Gasteiger charge is -2.09. The fraction of sp³-hybridized carbons (Fsp3) is 0.400. The number of nitriles is 1. The molecule has 0 fully saturated rings. The summed E-state index contributed by atoms with van der Waals surface area (Å²) in [5, 5.41) is 9.91. The maximum atomic E-state index is 8.16. The number of nitrogens with one attached hydrogen (secondary N) is 1. The van der Waals surface area contributed by atoms with Crippen molar-refractivity contribution in [2.75, 3.05) is 13.1 Å². The van der Waals surface area contributed by atoms with Crippen LogP contribution in [0.25, 0.3) is 0 Å². The minimum absolute atomic E-state index is 0.427. The van der Waals surface area contributed by atoms with Crippen molar-refractivity contribution >= 4 is 0 Å². The Labute approximate surface area is 48.2 Å². The van der Waals surface area contributed by atoms with Gasteiger partial charge in [0.2, 0.25) is 0 Å². The average molecular weight is 109 g/mol. The summed E-state index contributed by atoms with van der Waals surface area (Å²) < 4.78 is 0. The molecule has 0 radical (unpaired) electrons. The molecule has 0 amide bonds. The zero-order valence-electron chi connectivity index (χ0n) is 4.46. The van der Waals surface area contributed by atoms with Crippen molar-refractivity contribution in [3.63, 3.8) is 0 Å². The summed E-state index contributed by atoms with van der Waals surface area (Å²) in [5.41, 5.74) is 2.96. The minimum atomic E-state index is 0.427. The highest BCUT2D eigenvalue weighted by molar-refractivity contribution is 4.92. The van der Waals surface area contributed by atoms with Crippen molar-refractivity contribution in [2.24, 2.45) is 0 Å². The summed E-state index contributed by atoms with van der Waals surface area (Å²) in [5.74, 6) is 0.